The van der Waals surface area contributed by atoms with Gasteiger partial charge in [0.15, 0.2) is 5.82 Å². The van der Waals surface area contributed by atoms with Crippen molar-refractivity contribution in [3.05, 3.63) is 66.2 Å². The Labute approximate surface area is 139 Å². The molecule has 0 radical (unpaired) electrons. The number of aromatic nitrogens is 3. The van der Waals surface area contributed by atoms with Crippen molar-refractivity contribution >= 4 is 11.9 Å². The number of benzene rings is 2. The molecule has 1 aromatic heterocycles. The number of ether oxygens (including phenoxy) is 1. The average Bonchev–Trinajstić information content (AvgIpc) is 3.10. The summed E-state index contributed by atoms with van der Waals surface area (Å²) in [5.74, 6) is 0.544. The molecule has 3 aromatic rings. The smallest absolute Gasteiger partial charge is 0.255 e. The number of nitrogens with zero attached hydrogens (tertiary/aromatic N) is 2. The monoisotopic (exact) mass is 322 g/mol. The molecule has 0 unspecified atom stereocenters. The van der Waals surface area contributed by atoms with E-state index in [-0.39, 0.29) is 11.9 Å². The van der Waals surface area contributed by atoms with Crippen LogP contribution in [0, 0.1) is 0 Å². The second-order valence-corrected chi connectivity index (χ2v) is 5.30. The van der Waals surface area contributed by atoms with Gasteiger partial charge in [0.1, 0.15) is 6.10 Å². The zero-order valence-corrected chi connectivity index (χ0v) is 13.3. The van der Waals surface area contributed by atoms with E-state index in [0.717, 1.165) is 11.1 Å². The summed E-state index contributed by atoms with van der Waals surface area (Å²) in [4.78, 5) is 16.4. The van der Waals surface area contributed by atoms with Crippen molar-refractivity contribution in [2.24, 2.45) is 0 Å². The Morgan fingerprint density at radius 3 is 2.50 bits per heavy atom. The molecule has 1 atom stereocenters. The normalized spacial score (nSPS) is 11.9. The first-order valence-electron chi connectivity index (χ1n) is 7.66. The number of amides is 1. The van der Waals surface area contributed by atoms with E-state index < -0.39 is 6.10 Å². The van der Waals surface area contributed by atoms with Crippen LogP contribution in [0.15, 0.2) is 60.7 Å². The molecule has 0 saturated heterocycles. The predicted molar refractivity (Wildman–Crippen MR) is 91.1 cm³/mol. The molecule has 1 heterocycles. The third kappa shape index (κ3) is 4.05. The zero-order chi connectivity index (χ0) is 16.8. The Bertz CT molecular complexity index is 787. The predicted octanol–water partition coefficient (Wildman–Crippen LogP) is 3.02. The van der Waals surface area contributed by atoms with Crippen molar-refractivity contribution in [1.29, 1.82) is 0 Å². The minimum atomic E-state index is -0.608. The van der Waals surface area contributed by atoms with Gasteiger partial charge >= 0.3 is 0 Å². The zero-order valence-electron chi connectivity index (χ0n) is 13.3. The third-order valence-corrected chi connectivity index (χ3v) is 3.48. The Kier molecular flexibility index (Phi) is 4.98. The van der Waals surface area contributed by atoms with Crippen LogP contribution in [0.25, 0.3) is 11.4 Å². The lowest BCUT2D eigenvalue weighted by atomic mass is 10.2. The van der Waals surface area contributed by atoms with E-state index >= 15 is 0 Å². The fourth-order valence-electron chi connectivity index (χ4n) is 2.13. The van der Waals surface area contributed by atoms with Gasteiger partial charge in [-0.3, -0.25) is 15.2 Å². The highest BCUT2D eigenvalue weighted by atomic mass is 16.5. The van der Waals surface area contributed by atoms with Gasteiger partial charge in [0, 0.05) is 5.56 Å². The number of carbonyl (C=O) groups excluding carboxylic acids is 1. The van der Waals surface area contributed by atoms with E-state index in [1.807, 2.05) is 60.7 Å². The molecule has 122 valence electrons. The SMILES string of the molecule is C[C@@H](OCc1ccccc1)C(=O)Nc1n[nH]c(-c2ccccc2)n1. The van der Waals surface area contributed by atoms with Crippen molar-refractivity contribution in [2.75, 3.05) is 5.32 Å². The molecule has 24 heavy (non-hydrogen) atoms. The number of hydrogen-bond donors (Lipinski definition) is 2. The first kappa shape index (κ1) is 15.9. The number of rotatable bonds is 6. The van der Waals surface area contributed by atoms with Crippen molar-refractivity contribution in [3.8, 4) is 11.4 Å². The van der Waals surface area contributed by atoms with Crippen LogP contribution in [0.3, 0.4) is 0 Å². The fourth-order valence-corrected chi connectivity index (χ4v) is 2.13. The lowest BCUT2D eigenvalue weighted by Gasteiger charge is -2.11. The van der Waals surface area contributed by atoms with E-state index in [9.17, 15) is 4.79 Å². The molecule has 0 saturated carbocycles. The molecular weight excluding hydrogens is 304 g/mol. The summed E-state index contributed by atoms with van der Waals surface area (Å²) in [5, 5.41) is 9.47. The number of hydrogen-bond acceptors (Lipinski definition) is 4. The summed E-state index contributed by atoms with van der Waals surface area (Å²) in [7, 11) is 0. The van der Waals surface area contributed by atoms with Gasteiger partial charge in [-0.2, -0.15) is 4.98 Å². The molecule has 0 aliphatic carbocycles. The van der Waals surface area contributed by atoms with Gasteiger partial charge in [-0.15, -0.1) is 5.10 Å². The van der Waals surface area contributed by atoms with Crippen molar-refractivity contribution < 1.29 is 9.53 Å². The van der Waals surface area contributed by atoms with Gasteiger partial charge in [-0.05, 0) is 12.5 Å². The van der Waals surface area contributed by atoms with Crippen molar-refractivity contribution in [2.45, 2.75) is 19.6 Å². The number of aromatic amines is 1. The minimum absolute atomic E-state index is 0.231. The summed E-state index contributed by atoms with van der Waals surface area (Å²) >= 11 is 0. The Morgan fingerprint density at radius 2 is 1.79 bits per heavy atom. The highest BCUT2D eigenvalue weighted by Crippen LogP contribution is 2.15. The second kappa shape index (κ2) is 7.52. The maximum absolute atomic E-state index is 12.1. The average molecular weight is 322 g/mol. The topological polar surface area (TPSA) is 79.9 Å². The molecule has 6 nitrogen and oxygen atoms in total. The number of anilines is 1. The molecule has 0 aliphatic heterocycles. The van der Waals surface area contributed by atoms with Crippen LogP contribution in [0.5, 0.6) is 0 Å². The van der Waals surface area contributed by atoms with E-state index in [1.165, 1.54) is 0 Å². The second-order valence-electron chi connectivity index (χ2n) is 5.30. The standard InChI is InChI=1S/C18H18N4O2/c1-13(24-12-14-8-4-2-5-9-14)17(23)20-18-19-16(21-22-18)15-10-6-3-7-11-15/h2-11,13H,12H2,1H3,(H2,19,20,21,22,23)/t13-/m1/s1. The van der Waals surface area contributed by atoms with Crippen LogP contribution >= 0.6 is 0 Å². The summed E-state index contributed by atoms with van der Waals surface area (Å²) < 4.78 is 5.58. The van der Waals surface area contributed by atoms with Crippen LogP contribution in [0.4, 0.5) is 5.95 Å². The molecule has 2 aromatic carbocycles. The fraction of sp³-hybridized carbons (Fsp3) is 0.167. The van der Waals surface area contributed by atoms with E-state index in [2.05, 4.69) is 20.5 Å². The largest absolute Gasteiger partial charge is 0.364 e. The molecule has 1 amide bonds. The van der Waals surface area contributed by atoms with Crippen LogP contribution in [0.1, 0.15) is 12.5 Å². The molecule has 0 fully saturated rings. The van der Waals surface area contributed by atoms with Gasteiger partial charge in [-0.25, -0.2) is 0 Å². The van der Waals surface area contributed by atoms with E-state index in [1.54, 1.807) is 6.92 Å². The number of nitrogens with one attached hydrogen (secondary N) is 2. The van der Waals surface area contributed by atoms with Gasteiger partial charge in [0.05, 0.1) is 6.61 Å². The first-order chi connectivity index (χ1) is 11.7. The Hall–Kier alpha value is -2.99. The number of carbonyl (C=O) groups is 1. The summed E-state index contributed by atoms with van der Waals surface area (Å²) in [6.45, 7) is 2.07. The summed E-state index contributed by atoms with van der Waals surface area (Å²) in [5.41, 5.74) is 1.92. The van der Waals surface area contributed by atoms with Crippen LogP contribution < -0.4 is 5.32 Å². The van der Waals surface area contributed by atoms with Crippen LogP contribution in [-0.2, 0) is 16.1 Å². The Balaban J connectivity index is 1.55. The molecule has 0 aliphatic rings. The van der Waals surface area contributed by atoms with Gasteiger partial charge in [-0.1, -0.05) is 60.7 Å². The molecular formula is C18H18N4O2. The number of H-pyrrole nitrogens is 1. The van der Waals surface area contributed by atoms with E-state index in [0.29, 0.717) is 12.4 Å². The molecule has 0 bridgehead atoms. The minimum Gasteiger partial charge on any atom is -0.364 e. The first-order valence-corrected chi connectivity index (χ1v) is 7.66. The van der Waals surface area contributed by atoms with Gasteiger partial charge in [0.25, 0.3) is 5.91 Å². The van der Waals surface area contributed by atoms with Gasteiger partial charge in [0.2, 0.25) is 5.95 Å². The Morgan fingerprint density at radius 1 is 1.12 bits per heavy atom. The van der Waals surface area contributed by atoms with Crippen molar-refractivity contribution in [3.63, 3.8) is 0 Å². The molecule has 2 N–H and O–H groups in total. The molecule has 6 heteroatoms. The third-order valence-electron chi connectivity index (χ3n) is 3.48. The van der Waals surface area contributed by atoms with Crippen LogP contribution in [-0.4, -0.2) is 27.2 Å². The summed E-state index contributed by atoms with van der Waals surface area (Å²) in [6, 6.07) is 19.3. The van der Waals surface area contributed by atoms with Crippen molar-refractivity contribution in [1.82, 2.24) is 15.2 Å². The van der Waals surface area contributed by atoms with E-state index in [4.69, 9.17) is 4.74 Å². The lowest BCUT2D eigenvalue weighted by molar-refractivity contribution is -0.127. The highest BCUT2D eigenvalue weighted by molar-refractivity contribution is 5.92. The molecule has 0 spiro atoms. The molecule has 3 rings (SSSR count). The van der Waals surface area contributed by atoms with Gasteiger partial charge < -0.3 is 4.74 Å². The van der Waals surface area contributed by atoms with Crippen LogP contribution in [0.2, 0.25) is 0 Å². The maximum atomic E-state index is 12.1. The maximum Gasteiger partial charge on any atom is 0.255 e. The highest BCUT2D eigenvalue weighted by Gasteiger charge is 2.16. The summed E-state index contributed by atoms with van der Waals surface area (Å²) in [6.07, 6.45) is -0.608. The lowest BCUT2D eigenvalue weighted by Crippen LogP contribution is -2.28. The quantitative estimate of drug-likeness (QED) is 0.731.